The molecule has 1 fully saturated rings. The number of carbonyl (C=O) groups excluding carboxylic acids is 1. The second-order valence-electron chi connectivity index (χ2n) is 5.47. The van der Waals surface area contributed by atoms with E-state index in [0.717, 1.165) is 0 Å². The Labute approximate surface area is 132 Å². The summed E-state index contributed by atoms with van der Waals surface area (Å²) < 4.78 is 19.3. The molecule has 22 heavy (non-hydrogen) atoms. The van der Waals surface area contributed by atoms with E-state index in [1.54, 1.807) is 24.8 Å². The monoisotopic (exact) mass is 323 g/mol. The molecule has 1 aromatic carbocycles. The van der Waals surface area contributed by atoms with Crippen molar-refractivity contribution in [2.75, 3.05) is 13.1 Å². The lowest BCUT2D eigenvalue weighted by atomic mass is 10.1. The molecule has 3 rings (SSSR count). The van der Waals surface area contributed by atoms with Crippen molar-refractivity contribution in [2.24, 2.45) is 0 Å². The number of likely N-dealkylation sites (tertiary alicyclic amines) is 1. The summed E-state index contributed by atoms with van der Waals surface area (Å²) in [4.78, 5) is 18.3. The van der Waals surface area contributed by atoms with Gasteiger partial charge in [0.2, 0.25) is 5.89 Å². The van der Waals surface area contributed by atoms with Gasteiger partial charge in [0, 0.05) is 13.1 Å². The predicted molar refractivity (Wildman–Crippen MR) is 78.4 cm³/mol. The highest BCUT2D eigenvalue weighted by atomic mass is 35.5. The molecule has 1 saturated heterocycles. The quantitative estimate of drug-likeness (QED) is 0.852. The van der Waals surface area contributed by atoms with Crippen LogP contribution in [-0.4, -0.2) is 34.0 Å². The molecule has 1 atom stereocenters. The summed E-state index contributed by atoms with van der Waals surface area (Å²) in [5.74, 6) is 0.0577. The fourth-order valence-electron chi connectivity index (χ4n) is 2.61. The van der Waals surface area contributed by atoms with Gasteiger partial charge in [-0.3, -0.25) is 4.79 Å². The van der Waals surface area contributed by atoms with Crippen LogP contribution >= 0.6 is 11.6 Å². The number of carbonyl (C=O) groups is 1. The topological polar surface area (TPSA) is 59.2 Å². The van der Waals surface area contributed by atoms with E-state index in [1.165, 1.54) is 6.07 Å². The lowest BCUT2D eigenvalue weighted by Crippen LogP contribution is -2.29. The van der Waals surface area contributed by atoms with E-state index in [0.29, 0.717) is 36.8 Å². The van der Waals surface area contributed by atoms with E-state index in [-0.39, 0.29) is 22.4 Å². The van der Waals surface area contributed by atoms with Crippen molar-refractivity contribution >= 4 is 17.5 Å². The molecule has 116 valence electrons. The first-order valence-electron chi connectivity index (χ1n) is 7.01. The Morgan fingerprint density at radius 1 is 1.45 bits per heavy atom. The van der Waals surface area contributed by atoms with Gasteiger partial charge in [0.1, 0.15) is 0 Å². The molecule has 0 spiro atoms. The highest BCUT2D eigenvalue weighted by Gasteiger charge is 2.32. The molecule has 1 amide bonds. The fourth-order valence-corrected chi connectivity index (χ4v) is 2.77. The van der Waals surface area contributed by atoms with Crippen LogP contribution in [0.2, 0.25) is 5.02 Å². The number of halogens is 2. The minimum absolute atomic E-state index is 0.00189. The van der Waals surface area contributed by atoms with Crippen LogP contribution in [0.1, 0.15) is 40.0 Å². The third kappa shape index (κ3) is 2.59. The van der Waals surface area contributed by atoms with Gasteiger partial charge in [-0.2, -0.15) is 4.98 Å². The highest BCUT2D eigenvalue weighted by Crippen LogP contribution is 2.29. The molecule has 0 N–H and O–H groups in total. The summed E-state index contributed by atoms with van der Waals surface area (Å²) in [6, 6.07) is 3.12. The van der Waals surface area contributed by atoms with Gasteiger partial charge >= 0.3 is 0 Å². The molecule has 2 heterocycles. The molecule has 1 unspecified atom stereocenters. The molecule has 0 radical (unpaired) electrons. The van der Waals surface area contributed by atoms with Gasteiger partial charge in [-0.05, 0) is 31.9 Å². The zero-order chi connectivity index (χ0) is 15.9. The molecule has 2 aromatic rings. The van der Waals surface area contributed by atoms with E-state index in [1.807, 2.05) is 0 Å². The second kappa shape index (κ2) is 5.68. The molecule has 5 nitrogen and oxygen atoms in total. The lowest BCUT2D eigenvalue weighted by Gasteiger charge is -2.17. The number of benzene rings is 1. The van der Waals surface area contributed by atoms with Crippen LogP contribution in [0.3, 0.4) is 0 Å². The third-order valence-corrected chi connectivity index (χ3v) is 4.34. The van der Waals surface area contributed by atoms with Crippen LogP contribution in [0, 0.1) is 19.7 Å². The Bertz CT molecular complexity index is 732. The third-order valence-electron chi connectivity index (χ3n) is 3.87. The zero-order valence-corrected chi connectivity index (χ0v) is 13.0. The van der Waals surface area contributed by atoms with Crippen molar-refractivity contribution in [3.63, 3.8) is 0 Å². The van der Waals surface area contributed by atoms with Gasteiger partial charge in [0.25, 0.3) is 5.91 Å². The number of nitrogens with zero attached hydrogens (tertiary/aromatic N) is 3. The number of hydrogen-bond acceptors (Lipinski definition) is 4. The SMILES string of the molecule is Cc1noc(C2CCN(C(=O)c3ccc(C)c(Cl)c3F)C2)n1. The average Bonchev–Trinajstić information content (AvgIpc) is 3.13. The Balaban J connectivity index is 1.78. The summed E-state index contributed by atoms with van der Waals surface area (Å²) in [7, 11) is 0. The minimum atomic E-state index is -0.663. The average molecular weight is 324 g/mol. The van der Waals surface area contributed by atoms with Gasteiger partial charge in [-0.1, -0.05) is 22.8 Å². The van der Waals surface area contributed by atoms with Crippen molar-refractivity contribution in [3.05, 3.63) is 45.8 Å². The van der Waals surface area contributed by atoms with Gasteiger partial charge in [0.05, 0.1) is 16.5 Å². The number of aromatic nitrogens is 2. The molecule has 0 aliphatic carbocycles. The van der Waals surface area contributed by atoms with Crippen molar-refractivity contribution in [2.45, 2.75) is 26.2 Å². The smallest absolute Gasteiger partial charge is 0.256 e. The predicted octanol–water partition coefficient (Wildman–Crippen LogP) is 3.11. The molecule has 1 aliphatic heterocycles. The van der Waals surface area contributed by atoms with Crippen LogP contribution in [0.25, 0.3) is 0 Å². The normalized spacial score (nSPS) is 18.0. The van der Waals surface area contributed by atoms with Crippen molar-refractivity contribution in [1.29, 1.82) is 0 Å². The van der Waals surface area contributed by atoms with Crippen molar-refractivity contribution in [1.82, 2.24) is 15.0 Å². The molecule has 0 bridgehead atoms. The fraction of sp³-hybridized carbons (Fsp3) is 0.400. The summed E-state index contributed by atoms with van der Waals surface area (Å²) in [5, 5.41) is 3.75. The standard InChI is InChI=1S/C15H15ClFN3O2/c1-8-3-4-11(13(17)12(8)16)15(21)20-6-5-10(7-20)14-18-9(2)19-22-14/h3-4,10H,5-7H2,1-2H3. The lowest BCUT2D eigenvalue weighted by molar-refractivity contribution is 0.0785. The van der Waals surface area contributed by atoms with Crippen LogP contribution in [0.15, 0.2) is 16.7 Å². The first kappa shape index (κ1) is 15.0. The maximum atomic E-state index is 14.2. The van der Waals surface area contributed by atoms with Crippen LogP contribution in [0.4, 0.5) is 4.39 Å². The summed E-state index contributed by atoms with van der Waals surface area (Å²) >= 11 is 5.88. The molecular weight excluding hydrogens is 309 g/mol. The van der Waals surface area contributed by atoms with Crippen LogP contribution in [-0.2, 0) is 0 Å². The second-order valence-corrected chi connectivity index (χ2v) is 5.85. The first-order valence-corrected chi connectivity index (χ1v) is 7.39. The molecule has 7 heteroatoms. The van der Waals surface area contributed by atoms with E-state index in [2.05, 4.69) is 10.1 Å². The summed E-state index contributed by atoms with van der Waals surface area (Å²) in [6.07, 6.45) is 0.717. The minimum Gasteiger partial charge on any atom is -0.339 e. The van der Waals surface area contributed by atoms with E-state index < -0.39 is 5.82 Å². The van der Waals surface area contributed by atoms with E-state index in [4.69, 9.17) is 16.1 Å². The number of aryl methyl sites for hydroxylation is 2. The van der Waals surface area contributed by atoms with E-state index >= 15 is 0 Å². The van der Waals surface area contributed by atoms with Gasteiger partial charge < -0.3 is 9.42 Å². The maximum Gasteiger partial charge on any atom is 0.256 e. The van der Waals surface area contributed by atoms with Gasteiger partial charge in [-0.15, -0.1) is 0 Å². The van der Waals surface area contributed by atoms with Crippen LogP contribution in [0.5, 0.6) is 0 Å². The molecule has 0 saturated carbocycles. The van der Waals surface area contributed by atoms with Gasteiger partial charge in [0.15, 0.2) is 11.6 Å². The molecular formula is C15H15ClFN3O2. The first-order chi connectivity index (χ1) is 10.5. The van der Waals surface area contributed by atoms with Crippen molar-refractivity contribution < 1.29 is 13.7 Å². The molecule has 1 aromatic heterocycles. The van der Waals surface area contributed by atoms with E-state index in [9.17, 15) is 9.18 Å². The number of hydrogen-bond donors (Lipinski definition) is 0. The van der Waals surface area contributed by atoms with Gasteiger partial charge in [-0.25, -0.2) is 4.39 Å². The largest absolute Gasteiger partial charge is 0.339 e. The summed E-state index contributed by atoms with van der Waals surface area (Å²) in [5.41, 5.74) is 0.606. The molecule has 1 aliphatic rings. The van der Waals surface area contributed by atoms with Crippen LogP contribution < -0.4 is 0 Å². The maximum absolute atomic E-state index is 14.2. The Morgan fingerprint density at radius 3 is 2.91 bits per heavy atom. The Kier molecular flexibility index (Phi) is 3.87. The Hall–Kier alpha value is -1.95. The van der Waals surface area contributed by atoms with Crippen molar-refractivity contribution in [3.8, 4) is 0 Å². The zero-order valence-electron chi connectivity index (χ0n) is 12.3. The summed E-state index contributed by atoms with van der Waals surface area (Å²) in [6.45, 7) is 4.40. The number of rotatable bonds is 2. The number of amides is 1. The highest BCUT2D eigenvalue weighted by molar-refractivity contribution is 6.31. The Morgan fingerprint density at radius 2 is 2.23 bits per heavy atom.